The molecule has 1 aliphatic heterocycles. The fourth-order valence-electron chi connectivity index (χ4n) is 3.59. The maximum Gasteiger partial charge on any atom is 0.339 e. The molecule has 2 aromatic rings. The SMILES string of the molecule is Cc1nn([C@@H]2CCS(=O)(=O)C2)c2nc(C3CC3)cc(C(=O)O[C@H](C)C(N)=O)c12. The molecular weight excluding hydrogens is 384 g/mol. The van der Waals surface area contributed by atoms with Gasteiger partial charge in [0.1, 0.15) is 0 Å². The average Bonchev–Trinajstić information content (AvgIpc) is 3.34. The summed E-state index contributed by atoms with van der Waals surface area (Å²) in [5, 5.41) is 5.03. The summed E-state index contributed by atoms with van der Waals surface area (Å²) < 4.78 is 30.7. The summed E-state index contributed by atoms with van der Waals surface area (Å²) in [5.74, 6) is -1.00. The molecule has 2 atom stereocenters. The van der Waals surface area contributed by atoms with Crippen molar-refractivity contribution in [1.82, 2.24) is 14.8 Å². The number of aryl methyl sites for hydroxylation is 1. The standard InChI is InChI=1S/C18H22N4O5S/c1-9-15-13(18(24)27-10(2)16(19)23)7-14(11-3-4-11)20-17(15)22(21-9)12-5-6-28(25,26)8-12/h7,10-12H,3-6,8H2,1-2H3,(H2,19,23)/t10-,12-/m1/s1. The van der Waals surface area contributed by atoms with Crippen molar-refractivity contribution in [1.29, 1.82) is 0 Å². The fourth-order valence-corrected chi connectivity index (χ4v) is 5.28. The predicted molar refractivity (Wildman–Crippen MR) is 101 cm³/mol. The lowest BCUT2D eigenvalue weighted by molar-refractivity contribution is -0.125. The Labute approximate surface area is 162 Å². The van der Waals surface area contributed by atoms with Crippen molar-refractivity contribution in [2.45, 2.75) is 51.2 Å². The minimum Gasteiger partial charge on any atom is -0.449 e. The van der Waals surface area contributed by atoms with Gasteiger partial charge in [-0.1, -0.05) is 0 Å². The Hall–Kier alpha value is -2.49. The number of carbonyl (C=O) groups is 2. The van der Waals surface area contributed by atoms with E-state index >= 15 is 0 Å². The zero-order valence-corrected chi connectivity index (χ0v) is 16.5. The van der Waals surface area contributed by atoms with Crippen LogP contribution in [0.2, 0.25) is 0 Å². The topological polar surface area (TPSA) is 134 Å². The van der Waals surface area contributed by atoms with Gasteiger partial charge >= 0.3 is 5.97 Å². The molecule has 1 saturated heterocycles. The lowest BCUT2D eigenvalue weighted by Gasteiger charge is -2.13. The van der Waals surface area contributed by atoms with Crippen LogP contribution < -0.4 is 5.73 Å². The Morgan fingerprint density at radius 1 is 1.32 bits per heavy atom. The van der Waals surface area contributed by atoms with Crippen LogP contribution in [0.15, 0.2) is 6.07 Å². The molecule has 3 heterocycles. The van der Waals surface area contributed by atoms with Crippen molar-refractivity contribution < 1.29 is 22.7 Å². The van der Waals surface area contributed by atoms with Crippen LogP contribution in [0.25, 0.3) is 11.0 Å². The highest BCUT2D eigenvalue weighted by molar-refractivity contribution is 7.91. The number of esters is 1. The minimum atomic E-state index is -3.10. The maximum absolute atomic E-state index is 12.8. The van der Waals surface area contributed by atoms with Crippen LogP contribution in [0.3, 0.4) is 0 Å². The molecule has 2 aromatic heterocycles. The molecule has 1 aliphatic carbocycles. The molecule has 4 rings (SSSR count). The number of carbonyl (C=O) groups excluding carboxylic acids is 2. The van der Waals surface area contributed by atoms with Gasteiger partial charge in [-0.25, -0.2) is 22.9 Å². The van der Waals surface area contributed by atoms with E-state index < -0.39 is 27.8 Å². The second-order valence-corrected chi connectivity index (χ2v) is 9.83. The predicted octanol–water partition coefficient (Wildman–Crippen LogP) is 1.01. The van der Waals surface area contributed by atoms with Gasteiger partial charge in [0.2, 0.25) is 0 Å². The molecule has 9 nitrogen and oxygen atoms in total. The molecule has 2 aliphatic rings. The summed E-state index contributed by atoms with van der Waals surface area (Å²) >= 11 is 0. The van der Waals surface area contributed by atoms with Crippen LogP contribution >= 0.6 is 0 Å². The first-order valence-corrected chi connectivity index (χ1v) is 11.1. The number of hydrogen-bond acceptors (Lipinski definition) is 7. The number of hydrogen-bond donors (Lipinski definition) is 1. The number of amides is 1. The van der Waals surface area contributed by atoms with Crippen LogP contribution in [0.4, 0.5) is 0 Å². The third-order valence-electron chi connectivity index (χ3n) is 5.31. The maximum atomic E-state index is 12.8. The van der Waals surface area contributed by atoms with Gasteiger partial charge < -0.3 is 10.5 Å². The van der Waals surface area contributed by atoms with E-state index in [1.165, 1.54) is 6.92 Å². The number of fused-ring (bicyclic) bond motifs is 1. The van der Waals surface area contributed by atoms with E-state index in [4.69, 9.17) is 15.5 Å². The van der Waals surface area contributed by atoms with Gasteiger partial charge in [-0.2, -0.15) is 5.10 Å². The highest BCUT2D eigenvalue weighted by Crippen LogP contribution is 2.41. The minimum absolute atomic E-state index is 0.0110. The zero-order valence-electron chi connectivity index (χ0n) is 15.7. The van der Waals surface area contributed by atoms with E-state index in [9.17, 15) is 18.0 Å². The summed E-state index contributed by atoms with van der Waals surface area (Å²) in [6.45, 7) is 3.16. The van der Waals surface area contributed by atoms with Crippen LogP contribution in [0.5, 0.6) is 0 Å². The summed E-state index contributed by atoms with van der Waals surface area (Å²) in [4.78, 5) is 28.8. The molecule has 28 heavy (non-hydrogen) atoms. The zero-order chi connectivity index (χ0) is 20.2. The van der Waals surface area contributed by atoms with Crippen molar-refractivity contribution in [3.05, 3.63) is 23.0 Å². The van der Waals surface area contributed by atoms with E-state index in [1.807, 2.05) is 0 Å². The Kier molecular flexibility index (Phi) is 4.40. The van der Waals surface area contributed by atoms with Crippen LogP contribution in [0.1, 0.15) is 59.9 Å². The second-order valence-electron chi connectivity index (χ2n) is 7.60. The molecule has 2 N–H and O–H groups in total. The summed E-state index contributed by atoms with van der Waals surface area (Å²) in [7, 11) is -3.10. The Morgan fingerprint density at radius 2 is 2.04 bits per heavy atom. The van der Waals surface area contributed by atoms with Crippen LogP contribution in [-0.4, -0.2) is 52.7 Å². The number of nitrogens with two attached hydrogens (primary N) is 1. The smallest absolute Gasteiger partial charge is 0.339 e. The van der Waals surface area contributed by atoms with Crippen LogP contribution in [0, 0.1) is 6.92 Å². The Morgan fingerprint density at radius 3 is 2.61 bits per heavy atom. The fraction of sp³-hybridized carbons (Fsp3) is 0.556. The number of pyridine rings is 1. The summed E-state index contributed by atoms with van der Waals surface area (Å²) in [5.41, 5.74) is 7.29. The highest BCUT2D eigenvalue weighted by Gasteiger charge is 2.34. The van der Waals surface area contributed by atoms with E-state index in [2.05, 4.69) is 5.10 Å². The third kappa shape index (κ3) is 3.36. The molecule has 0 aromatic carbocycles. The second kappa shape index (κ2) is 6.54. The summed E-state index contributed by atoms with van der Waals surface area (Å²) in [6.07, 6.45) is 1.37. The average molecular weight is 406 g/mol. The van der Waals surface area contributed by atoms with Gasteiger partial charge in [0, 0.05) is 11.6 Å². The molecule has 1 amide bonds. The molecule has 2 fully saturated rings. The molecule has 0 unspecified atom stereocenters. The van der Waals surface area contributed by atoms with Gasteiger partial charge in [0.25, 0.3) is 5.91 Å². The van der Waals surface area contributed by atoms with Gasteiger partial charge in [0.15, 0.2) is 21.6 Å². The van der Waals surface area contributed by atoms with Crippen molar-refractivity contribution in [2.24, 2.45) is 5.73 Å². The van der Waals surface area contributed by atoms with E-state index in [0.717, 1.165) is 18.5 Å². The van der Waals surface area contributed by atoms with Crippen molar-refractivity contribution >= 4 is 32.7 Å². The molecular formula is C18H22N4O5S. The van der Waals surface area contributed by atoms with Crippen molar-refractivity contribution in [3.63, 3.8) is 0 Å². The monoisotopic (exact) mass is 406 g/mol. The molecule has 0 bridgehead atoms. The normalized spacial score (nSPS) is 22.3. The van der Waals surface area contributed by atoms with E-state index in [-0.39, 0.29) is 29.0 Å². The van der Waals surface area contributed by atoms with Gasteiger partial charge in [-0.05, 0) is 39.2 Å². The number of rotatable bonds is 5. The first-order valence-electron chi connectivity index (χ1n) is 9.27. The van der Waals surface area contributed by atoms with E-state index in [0.29, 0.717) is 23.1 Å². The number of sulfone groups is 1. The lowest BCUT2D eigenvalue weighted by Crippen LogP contribution is -2.30. The number of nitrogens with zero attached hydrogens (tertiary/aromatic N) is 3. The van der Waals surface area contributed by atoms with Crippen LogP contribution in [-0.2, 0) is 19.4 Å². The number of aromatic nitrogens is 3. The molecule has 0 spiro atoms. The molecule has 10 heteroatoms. The summed E-state index contributed by atoms with van der Waals surface area (Å²) in [6, 6.07) is 1.39. The van der Waals surface area contributed by atoms with Crippen molar-refractivity contribution in [2.75, 3.05) is 11.5 Å². The third-order valence-corrected chi connectivity index (χ3v) is 7.06. The highest BCUT2D eigenvalue weighted by atomic mass is 32.2. The Balaban J connectivity index is 1.83. The quantitative estimate of drug-likeness (QED) is 0.732. The van der Waals surface area contributed by atoms with Gasteiger partial charge in [-0.3, -0.25) is 4.79 Å². The number of ether oxygens (including phenoxy) is 1. The number of primary amides is 1. The Bertz CT molecular complexity index is 1090. The first kappa shape index (κ1) is 18.9. The first-order chi connectivity index (χ1) is 13.2. The lowest BCUT2D eigenvalue weighted by atomic mass is 10.1. The molecule has 0 radical (unpaired) electrons. The van der Waals surface area contributed by atoms with Gasteiger partial charge in [0.05, 0.1) is 34.2 Å². The molecule has 1 saturated carbocycles. The van der Waals surface area contributed by atoms with Crippen molar-refractivity contribution in [3.8, 4) is 0 Å². The largest absolute Gasteiger partial charge is 0.449 e. The van der Waals surface area contributed by atoms with Gasteiger partial charge in [-0.15, -0.1) is 0 Å². The van der Waals surface area contributed by atoms with E-state index in [1.54, 1.807) is 17.7 Å². The molecule has 150 valence electrons.